The number of carbonyl (C=O) groups excluding carboxylic acids is 1. The predicted octanol–water partition coefficient (Wildman–Crippen LogP) is 3.87. The van der Waals surface area contributed by atoms with E-state index in [9.17, 15) is 4.79 Å². The molecule has 0 spiro atoms. The van der Waals surface area contributed by atoms with Crippen molar-refractivity contribution in [2.24, 2.45) is 0 Å². The molecule has 3 aromatic rings. The second-order valence-electron chi connectivity index (χ2n) is 7.19. The van der Waals surface area contributed by atoms with Crippen molar-refractivity contribution < 1.29 is 9.53 Å². The Bertz CT molecular complexity index is 917. The summed E-state index contributed by atoms with van der Waals surface area (Å²) < 4.78 is 7.15. The van der Waals surface area contributed by atoms with Crippen molar-refractivity contribution in [1.29, 1.82) is 0 Å². The lowest BCUT2D eigenvalue weighted by Gasteiger charge is -2.10. The number of rotatable bonds is 10. The molecule has 1 N–H and O–H groups in total. The zero-order valence-electron chi connectivity index (χ0n) is 16.8. The Morgan fingerprint density at radius 1 is 1.11 bits per heavy atom. The van der Waals surface area contributed by atoms with E-state index in [-0.39, 0.29) is 12.5 Å². The van der Waals surface area contributed by atoms with Gasteiger partial charge >= 0.3 is 0 Å². The number of carbonyl (C=O) groups is 1. The highest BCUT2D eigenvalue weighted by atomic mass is 16.5. The number of ether oxygens (including phenoxy) is 1. The van der Waals surface area contributed by atoms with E-state index in [1.807, 2.05) is 6.07 Å². The Kier molecular flexibility index (Phi) is 7.20. The van der Waals surface area contributed by atoms with Gasteiger partial charge in [0.15, 0.2) is 0 Å². The SMILES string of the molecule is COCC(=O)NCCCCCc1nc2ccccc2n1Cc1cccc(C)c1. The molecule has 1 heterocycles. The Morgan fingerprint density at radius 3 is 2.79 bits per heavy atom. The van der Waals surface area contributed by atoms with Crippen molar-refractivity contribution in [2.75, 3.05) is 20.3 Å². The quantitative estimate of drug-likeness (QED) is 0.544. The molecule has 0 saturated carbocycles. The maximum absolute atomic E-state index is 11.4. The second kappa shape index (κ2) is 10.0. The molecule has 0 atom stereocenters. The van der Waals surface area contributed by atoms with E-state index in [0.29, 0.717) is 6.54 Å². The van der Waals surface area contributed by atoms with Gasteiger partial charge in [0.25, 0.3) is 0 Å². The Morgan fingerprint density at radius 2 is 1.96 bits per heavy atom. The highest BCUT2D eigenvalue weighted by Crippen LogP contribution is 2.20. The van der Waals surface area contributed by atoms with E-state index in [2.05, 4.69) is 59.3 Å². The number of nitrogens with one attached hydrogen (secondary N) is 1. The van der Waals surface area contributed by atoms with Gasteiger partial charge in [-0.15, -0.1) is 0 Å². The number of unbranched alkanes of at least 4 members (excludes halogenated alkanes) is 2. The summed E-state index contributed by atoms with van der Waals surface area (Å²) in [5.41, 5.74) is 4.81. The number of aryl methyl sites for hydroxylation is 2. The number of imidazole rings is 1. The molecule has 1 amide bonds. The number of hydrogen-bond donors (Lipinski definition) is 1. The van der Waals surface area contributed by atoms with E-state index in [0.717, 1.165) is 43.6 Å². The Labute approximate surface area is 166 Å². The third-order valence-corrected chi connectivity index (χ3v) is 4.83. The van der Waals surface area contributed by atoms with Gasteiger partial charge in [0.05, 0.1) is 11.0 Å². The average Bonchev–Trinajstić information content (AvgIpc) is 3.02. The van der Waals surface area contributed by atoms with Crippen molar-refractivity contribution in [1.82, 2.24) is 14.9 Å². The lowest BCUT2D eigenvalue weighted by atomic mass is 10.1. The number of benzene rings is 2. The van der Waals surface area contributed by atoms with Crippen LogP contribution >= 0.6 is 0 Å². The number of para-hydroxylation sites is 2. The van der Waals surface area contributed by atoms with Crippen LogP contribution in [0.15, 0.2) is 48.5 Å². The molecule has 0 aliphatic carbocycles. The van der Waals surface area contributed by atoms with Gasteiger partial charge in [-0.2, -0.15) is 0 Å². The van der Waals surface area contributed by atoms with Gasteiger partial charge in [-0.05, 0) is 37.5 Å². The van der Waals surface area contributed by atoms with Gasteiger partial charge in [0, 0.05) is 26.6 Å². The summed E-state index contributed by atoms with van der Waals surface area (Å²) in [6.07, 6.45) is 4.01. The van der Waals surface area contributed by atoms with Crippen LogP contribution in [0.3, 0.4) is 0 Å². The molecular weight excluding hydrogens is 350 g/mol. The van der Waals surface area contributed by atoms with Gasteiger partial charge in [0.2, 0.25) is 5.91 Å². The van der Waals surface area contributed by atoms with Crippen LogP contribution in [0, 0.1) is 6.92 Å². The summed E-state index contributed by atoms with van der Waals surface area (Å²) in [4.78, 5) is 16.3. The second-order valence-corrected chi connectivity index (χ2v) is 7.19. The average molecular weight is 380 g/mol. The van der Waals surface area contributed by atoms with Crippen LogP contribution < -0.4 is 5.32 Å². The standard InChI is InChI=1S/C23H29N3O2/c1-18-9-8-10-19(15-18)16-26-21-12-6-5-11-20(21)25-22(26)13-4-3-7-14-24-23(27)17-28-2/h5-6,8-12,15H,3-4,7,13-14,16-17H2,1-2H3,(H,24,27). The first-order chi connectivity index (χ1) is 13.7. The Hall–Kier alpha value is -2.66. The number of amides is 1. The van der Waals surface area contributed by atoms with Crippen molar-refractivity contribution in [3.8, 4) is 0 Å². The summed E-state index contributed by atoms with van der Waals surface area (Å²) in [5, 5.41) is 2.87. The molecule has 0 bridgehead atoms. The summed E-state index contributed by atoms with van der Waals surface area (Å²) >= 11 is 0. The van der Waals surface area contributed by atoms with Gasteiger partial charge in [-0.25, -0.2) is 4.98 Å². The minimum atomic E-state index is -0.0533. The molecule has 3 rings (SSSR count). The lowest BCUT2D eigenvalue weighted by molar-refractivity contribution is -0.124. The normalized spacial score (nSPS) is 11.1. The van der Waals surface area contributed by atoms with Crippen molar-refractivity contribution in [3.05, 3.63) is 65.5 Å². The summed E-state index contributed by atoms with van der Waals surface area (Å²) in [7, 11) is 1.53. The molecule has 1 aromatic heterocycles. The highest BCUT2D eigenvalue weighted by molar-refractivity contribution is 5.77. The number of fused-ring (bicyclic) bond motifs is 1. The Balaban J connectivity index is 1.62. The third kappa shape index (κ3) is 5.42. The zero-order valence-corrected chi connectivity index (χ0v) is 16.8. The van der Waals surface area contributed by atoms with E-state index >= 15 is 0 Å². The lowest BCUT2D eigenvalue weighted by Crippen LogP contribution is -2.27. The monoisotopic (exact) mass is 379 g/mol. The van der Waals surface area contributed by atoms with Crippen LogP contribution in [0.25, 0.3) is 11.0 Å². The third-order valence-electron chi connectivity index (χ3n) is 4.83. The molecule has 5 nitrogen and oxygen atoms in total. The van der Waals surface area contributed by atoms with Crippen LogP contribution in [0.2, 0.25) is 0 Å². The topological polar surface area (TPSA) is 56.1 Å². The van der Waals surface area contributed by atoms with Crippen molar-refractivity contribution in [2.45, 2.75) is 39.2 Å². The highest BCUT2D eigenvalue weighted by Gasteiger charge is 2.11. The molecule has 0 fully saturated rings. The first-order valence-corrected chi connectivity index (χ1v) is 9.92. The molecule has 0 aliphatic heterocycles. The van der Waals surface area contributed by atoms with E-state index in [4.69, 9.17) is 9.72 Å². The fraction of sp³-hybridized carbons (Fsp3) is 0.391. The number of nitrogens with zero attached hydrogens (tertiary/aromatic N) is 2. The zero-order chi connectivity index (χ0) is 19.8. The van der Waals surface area contributed by atoms with Crippen LogP contribution in [-0.2, 0) is 22.5 Å². The molecule has 0 aliphatic rings. The van der Waals surface area contributed by atoms with Crippen LogP contribution in [0.5, 0.6) is 0 Å². The molecule has 148 valence electrons. The maximum Gasteiger partial charge on any atom is 0.245 e. The summed E-state index contributed by atoms with van der Waals surface area (Å²) in [6.45, 7) is 3.79. The first kappa shape index (κ1) is 20.1. The molecule has 0 radical (unpaired) electrons. The van der Waals surface area contributed by atoms with E-state index in [1.54, 1.807) is 0 Å². The van der Waals surface area contributed by atoms with Gasteiger partial charge in [-0.3, -0.25) is 4.79 Å². The van der Waals surface area contributed by atoms with Crippen molar-refractivity contribution in [3.63, 3.8) is 0 Å². The fourth-order valence-electron chi connectivity index (χ4n) is 3.48. The van der Waals surface area contributed by atoms with Gasteiger partial charge < -0.3 is 14.6 Å². The largest absolute Gasteiger partial charge is 0.375 e. The summed E-state index contributed by atoms with van der Waals surface area (Å²) in [5.74, 6) is 1.08. The predicted molar refractivity (Wildman–Crippen MR) is 112 cm³/mol. The maximum atomic E-state index is 11.4. The molecule has 0 saturated heterocycles. The molecule has 28 heavy (non-hydrogen) atoms. The minimum absolute atomic E-state index is 0.0533. The first-order valence-electron chi connectivity index (χ1n) is 9.92. The van der Waals surface area contributed by atoms with E-state index < -0.39 is 0 Å². The molecular formula is C23H29N3O2. The molecule has 0 unspecified atom stereocenters. The van der Waals surface area contributed by atoms with Crippen LogP contribution in [0.4, 0.5) is 0 Å². The molecule has 2 aromatic carbocycles. The number of methoxy groups -OCH3 is 1. The van der Waals surface area contributed by atoms with E-state index in [1.165, 1.54) is 23.8 Å². The number of aromatic nitrogens is 2. The smallest absolute Gasteiger partial charge is 0.245 e. The van der Waals surface area contributed by atoms with Crippen molar-refractivity contribution >= 4 is 16.9 Å². The van der Waals surface area contributed by atoms with Gasteiger partial charge in [0.1, 0.15) is 12.4 Å². The van der Waals surface area contributed by atoms with Crippen LogP contribution in [0.1, 0.15) is 36.2 Å². The minimum Gasteiger partial charge on any atom is -0.375 e. The molecule has 5 heteroatoms. The number of hydrogen-bond acceptors (Lipinski definition) is 3. The van der Waals surface area contributed by atoms with Crippen LogP contribution in [-0.4, -0.2) is 35.7 Å². The van der Waals surface area contributed by atoms with Gasteiger partial charge in [-0.1, -0.05) is 48.4 Å². The fourth-order valence-corrected chi connectivity index (χ4v) is 3.48. The summed E-state index contributed by atoms with van der Waals surface area (Å²) in [6, 6.07) is 17.0.